The number of nitriles is 1. The number of amides is 1. The smallest absolute Gasteiger partial charge is 0.387 e. The standard InChI is InChI=1S/C27H18ClF3N4O5/c28-16-3-2-15(10-32)19(7-16)20-9-25(37)35(12-24(20)40-27(30)31)22(8-17-11-34-13-39-17)23(36)6-14-1-4-18(26(33)38)21(29)5-14/h1-5,7,9,11-13,22,27H,6,8H2,(H2,33,38). The maximum atomic E-state index is 14.3. The van der Waals surface area contributed by atoms with Crippen molar-refractivity contribution in [1.29, 1.82) is 5.26 Å². The Labute approximate surface area is 229 Å². The van der Waals surface area contributed by atoms with E-state index in [1.807, 2.05) is 6.07 Å². The Morgan fingerprint density at radius 2 is 1.95 bits per heavy atom. The number of nitrogens with zero attached hydrogens (tertiary/aromatic N) is 3. The summed E-state index contributed by atoms with van der Waals surface area (Å²) in [6, 6.07) is 9.03. The van der Waals surface area contributed by atoms with Crippen molar-refractivity contribution in [1.82, 2.24) is 9.55 Å². The number of ether oxygens (including phenoxy) is 1. The van der Waals surface area contributed by atoms with Crippen molar-refractivity contribution in [2.75, 3.05) is 0 Å². The van der Waals surface area contributed by atoms with Gasteiger partial charge in [0.25, 0.3) is 11.5 Å². The van der Waals surface area contributed by atoms with Crippen LogP contribution in [0.5, 0.6) is 5.75 Å². The predicted octanol–water partition coefficient (Wildman–Crippen LogP) is 4.46. The van der Waals surface area contributed by atoms with Crippen LogP contribution in [0, 0.1) is 17.1 Å². The van der Waals surface area contributed by atoms with Gasteiger partial charge in [-0.1, -0.05) is 17.7 Å². The number of primary amides is 1. The van der Waals surface area contributed by atoms with E-state index in [0.717, 1.165) is 35.4 Å². The number of Topliss-reactive ketones (excluding diaryl/α,β-unsaturated/α-hetero) is 1. The van der Waals surface area contributed by atoms with Crippen LogP contribution in [-0.2, 0) is 17.6 Å². The number of ketones is 1. The van der Waals surface area contributed by atoms with E-state index < -0.39 is 47.9 Å². The van der Waals surface area contributed by atoms with Crippen molar-refractivity contribution in [3.63, 3.8) is 0 Å². The van der Waals surface area contributed by atoms with Gasteiger partial charge in [0.1, 0.15) is 23.4 Å². The molecule has 0 aliphatic rings. The molecule has 4 aromatic rings. The van der Waals surface area contributed by atoms with E-state index in [1.165, 1.54) is 30.5 Å². The lowest BCUT2D eigenvalue weighted by molar-refractivity contribution is -0.121. The lowest BCUT2D eigenvalue weighted by Gasteiger charge is -2.21. The Kier molecular flexibility index (Phi) is 8.35. The van der Waals surface area contributed by atoms with Gasteiger partial charge in [-0.2, -0.15) is 14.0 Å². The molecule has 1 amide bonds. The monoisotopic (exact) mass is 570 g/mol. The molecule has 40 heavy (non-hydrogen) atoms. The highest BCUT2D eigenvalue weighted by molar-refractivity contribution is 6.31. The van der Waals surface area contributed by atoms with Crippen LogP contribution < -0.4 is 16.0 Å². The van der Waals surface area contributed by atoms with E-state index in [9.17, 15) is 32.8 Å². The molecule has 0 bridgehead atoms. The summed E-state index contributed by atoms with van der Waals surface area (Å²) in [4.78, 5) is 41.9. The number of hydrogen-bond acceptors (Lipinski definition) is 7. The number of carbonyl (C=O) groups is 2. The molecule has 0 radical (unpaired) electrons. The molecule has 0 aliphatic carbocycles. The van der Waals surface area contributed by atoms with Crippen molar-refractivity contribution >= 4 is 23.3 Å². The first-order valence-electron chi connectivity index (χ1n) is 11.5. The SMILES string of the molecule is N#Cc1ccc(Cl)cc1-c1cc(=O)n(C(Cc2cnco2)C(=O)Cc2ccc(C(N)=O)c(F)c2)cc1OC(F)F. The Morgan fingerprint density at radius 3 is 2.58 bits per heavy atom. The van der Waals surface area contributed by atoms with Gasteiger partial charge in [0, 0.05) is 35.1 Å². The summed E-state index contributed by atoms with van der Waals surface area (Å²) >= 11 is 6.04. The van der Waals surface area contributed by atoms with Crippen LogP contribution in [0.3, 0.4) is 0 Å². The van der Waals surface area contributed by atoms with Gasteiger partial charge in [0.2, 0.25) is 0 Å². The number of carbonyl (C=O) groups excluding carboxylic acids is 2. The van der Waals surface area contributed by atoms with Crippen LogP contribution in [0.4, 0.5) is 13.2 Å². The first kappa shape index (κ1) is 28.1. The van der Waals surface area contributed by atoms with Crippen LogP contribution in [0.15, 0.2) is 70.5 Å². The van der Waals surface area contributed by atoms with E-state index in [1.54, 1.807) is 0 Å². The molecule has 0 spiro atoms. The number of hydrogen-bond donors (Lipinski definition) is 1. The summed E-state index contributed by atoms with van der Waals surface area (Å²) in [5.41, 5.74) is 4.09. The molecule has 2 aromatic carbocycles. The van der Waals surface area contributed by atoms with E-state index >= 15 is 0 Å². The largest absolute Gasteiger partial charge is 0.448 e. The molecular formula is C27H18ClF3N4O5. The van der Waals surface area contributed by atoms with Gasteiger partial charge in [-0.15, -0.1) is 0 Å². The fourth-order valence-electron chi connectivity index (χ4n) is 4.10. The minimum absolute atomic E-state index is 0.0383. The normalized spacial score (nSPS) is 11.7. The van der Waals surface area contributed by atoms with Crippen molar-refractivity contribution < 1.29 is 31.9 Å². The highest BCUT2D eigenvalue weighted by atomic mass is 35.5. The van der Waals surface area contributed by atoms with E-state index in [4.69, 9.17) is 21.8 Å². The first-order chi connectivity index (χ1) is 19.1. The number of oxazole rings is 1. The molecule has 2 N–H and O–H groups in total. The Bertz CT molecular complexity index is 1680. The third-order valence-electron chi connectivity index (χ3n) is 5.92. The Hall–Kier alpha value is -4.89. The third-order valence-corrected chi connectivity index (χ3v) is 6.15. The first-order valence-corrected chi connectivity index (χ1v) is 11.8. The number of rotatable bonds is 10. The predicted molar refractivity (Wildman–Crippen MR) is 135 cm³/mol. The Balaban J connectivity index is 1.82. The second kappa shape index (κ2) is 11.9. The molecule has 0 saturated carbocycles. The average Bonchev–Trinajstić information content (AvgIpc) is 3.41. The third kappa shape index (κ3) is 6.22. The number of benzene rings is 2. The molecule has 2 heterocycles. The maximum absolute atomic E-state index is 14.3. The van der Waals surface area contributed by atoms with Gasteiger partial charge in [-0.3, -0.25) is 14.4 Å². The summed E-state index contributed by atoms with van der Waals surface area (Å²) < 4.78 is 52.0. The molecule has 1 unspecified atom stereocenters. The maximum Gasteiger partial charge on any atom is 0.387 e. The van der Waals surface area contributed by atoms with Gasteiger partial charge in [0.15, 0.2) is 12.2 Å². The van der Waals surface area contributed by atoms with Gasteiger partial charge in [-0.05, 0) is 35.9 Å². The van der Waals surface area contributed by atoms with E-state index in [2.05, 4.69) is 9.72 Å². The second-order valence-corrected chi connectivity index (χ2v) is 8.92. The molecule has 9 nitrogen and oxygen atoms in total. The molecule has 13 heteroatoms. The molecule has 0 saturated heterocycles. The zero-order valence-electron chi connectivity index (χ0n) is 20.3. The molecule has 2 aromatic heterocycles. The zero-order chi connectivity index (χ0) is 29.0. The quantitative estimate of drug-likeness (QED) is 0.297. The number of nitrogens with two attached hydrogens (primary N) is 1. The number of alkyl halides is 2. The van der Waals surface area contributed by atoms with Crippen LogP contribution in [0.25, 0.3) is 11.1 Å². The lowest BCUT2D eigenvalue weighted by atomic mass is 9.97. The molecule has 204 valence electrons. The summed E-state index contributed by atoms with van der Waals surface area (Å²) in [6.07, 6.45) is 2.73. The summed E-state index contributed by atoms with van der Waals surface area (Å²) in [7, 11) is 0. The molecule has 1 atom stereocenters. The summed E-state index contributed by atoms with van der Waals surface area (Å²) in [6.45, 7) is -3.32. The lowest BCUT2D eigenvalue weighted by Crippen LogP contribution is -2.32. The summed E-state index contributed by atoms with van der Waals surface area (Å²) in [5.74, 6) is -2.85. The zero-order valence-corrected chi connectivity index (χ0v) is 21.1. The highest BCUT2D eigenvalue weighted by Crippen LogP contribution is 2.34. The fraction of sp³-hybridized carbons (Fsp3) is 0.148. The molecule has 4 rings (SSSR count). The van der Waals surface area contributed by atoms with Crippen molar-refractivity contribution in [3.8, 4) is 22.9 Å². The van der Waals surface area contributed by atoms with Crippen LogP contribution >= 0.6 is 11.6 Å². The van der Waals surface area contributed by atoms with Crippen LogP contribution in [0.1, 0.15) is 33.3 Å². The van der Waals surface area contributed by atoms with E-state index in [0.29, 0.717) is 0 Å². The van der Waals surface area contributed by atoms with Crippen LogP contribution in [0.2, 0.25) is 5.02 Å². The summed E-state index contributed by atoms with van der Waals surface area (Å²) in [5, 5.41) is 9.68. The van der Waals surface area contributed by atoms with Gasteiger partial charge in [0.05, 0.1) is 29.6 Å². The average molecular weight is 571 g/mol. The fourth-order valence-corrected chi connectivity index (χ4v) is 4.27. The number of pyridine rings is 1. The van der Waals surface area contributed by atoms with Gasteiger partial charge < -0.3 is 19.5 Å². The van der Waals surface area contributed by atoms with Gasteiger partial charge >= 0.3 is 6.61 Å². The van der Waals surface area contributed by atoms with Gasteiger partial charge in [-0.25, -0.2) is 9.37 Å². The number of halogens is 4. The highest BCUT2D eigenvalue weighted by Gasteiger charge is 2.27. The van der Waals surface area contributed by atoms with Crippen molar-refractivity contribution in [2.24, 2.45) is 5.73 Å². The number of aromatic nitrogens is 2. The van der Waals surface area contributed by atoms with E-state index in [-0.39, 0.29) is 45.0 Å². The minimum Gasteiger partial charge on any atom is -0.448 e. The second-order valence-electron chi connectivity index (χ2n) is 8.49. The molecule has 0 aliphatic heterocycles. The Morgan fingerprint density at radius 1 is 1.18 bits per heavy atom. The van der Waals surface area contributed by atoms with Crippen molar-refractivity contribution in [3.05, 3.63) is 105 Å². The van der Waals surface area contributed by atoms with Crippen molar-refractivity contribution in [2.45, 2.75) is 25.5 Å². The minimum atomic E-state index is -3.32. The van der Waals surface area contributed by atoms with Crippen LogP contribution in [-0.4, -0.2) is 27.9 Å². The topological polar surface area (TPSA) is 141 Å². The molecular weight excluding hydrogens is 553 g/mol. The molecule has 0 fully saturated rings.